The van der Waals surface area contributed by atoms with Crippen molar-refractivity contribution >= 4 is 37.1 Å². The van der Waals surface area contributed by atoms with E-state index < -0.39 is 17.1 Å². The third-order valence-corrected chi connectivity index (χ3v) is 4.05. The van der Waals surface area contributed by atoms with Gasteiger partial charge in [0, 0.05) is 0 Å². The van der Waals surface area contributed by atoms with Crippen LogP contribution in [0.2, 0.25) is 0 Å². The summed E-state index contributed by atoms with van der Waals surface area (Å²) >= 11 is 1.87. The molecule has 0 N–H and O–H groups in total. The molecule has 0 aromatic rings. The van der Waals surface area contributed by atoms with Gasteiger partial charge in [-0.25, -0.2) is 0 Å². The summed E-state index contributed by atoms with van der Waals surface area (Å²) in [7, 11) is 16.3. The number of hydrogen-bond donors (Lipinski definition) is 0. The van der Waals surface area contributed by atoms with E-state index in [0.717, 1.165) is 6.42 Å². The van der Waals surface area contributed by atoms with E-state index in [1.165, 1.54) is 0 Å². The topological polar surface area (TPSA) is 9.23 Å². The molecular formula is C3H6Cl4OZr. The zero-order chi connectivity index (χ0) is 7.33. The molecule has 0 heterocycles. The second-order valence-electron chi connectivity index (χ2n) is 1.34. The van der Waals surface area contributed by atoms with Gasteiger partial charge < -0.3 is 0 Å². The molecule has 0 spiro atoms. The van der Waals surface area contributed by atoms with Crippen LogP contribution in [0.15, 0.2) is 0 Å². The van der Waals surface area contributed by atoms with Crippen molar-refractivity contribution in [2.75, 3.05) is 12.5 Å². The van der Waals surface area contributed by atoms with Crippen LogP contribution >= 0.6 is 37.1 Å². The first-order valence-corrected chi connectivity index (χ1v) is 13.4. The fraction of sp³-hybridized carbons (Fsp3) is 1.00. The summed E-state index contributed by atoms with van der Waals surface area (Å²) in [4.78, 5) is 0. The molecule has 0 fully saturated rings. The summed E-state index contributed by atoms with van der Waals surface area (Å²) in [5.41, 5.74) is 0. The third kappa shape index (κ3) is 10.0. The van der Waals surface area contributed by atoms with Gasteiger partial charge in [0.2, 0.25) is 0 Å². The maximum atomic E-state index is 5.44. The normalized spacial score (nSPS) is 12.0. The van der Waals surface area contributed by atoms with E-state index in [4.69, 9.17) is 40.0 Å². The molecule has 0 bridgehead atoms. The Bertz CT molecular complexity index is 72.7. The van der Waals surface area contributed by atoms with Crippen LogP contribution in [0.3, 0.4) is 0 Å². The number of alkyl halides is 1. The molecule has 9 heavy (non-hydrogen) atoms. The molecule has 0 aromatic heterocycles. The number of hydrogen-bond acceptors (Lipinski definition) is 1. The van der Waals surface area contributed by atoms with Gasteiger partial charge in [0.1, 0.15) is 0 Å². The average Bonchev–Trinajstić information content (AvgIpc) is 1.63. The Labute approximate surface area is 75.2 Å². The van der Waals surface area contributed by atoms with Gasteiger partial charge in [-0.05, 0) is 0 Å². The average molecular weight is 291 g/mol. The van der Waals surface area contributed by atoms with Crippen molar-refractivity contribution in [2.45, 2.75) is 6.42 Å². The second-order valence-corrected chi connectivity index (χ2v) is 17.5. The van der Waals surface area contributed by atoms with Crippen LogP contribution in [0.1, 0.15) is 6.42 Å². The van der Waals surface area contributed by atoms with Crippen LogP contribution in [0.4, 0.5) is 0 Å². The first-order chi connectivity index (χ1) is 4.06. The molecule has 0 atom stereocenters. The van der Waals surface area contributed by atoms with Crippen molar-refractivity contribution in [3.63, 3.8) is 0 Å². The SMILES string of the molecule is ClCCC[O][Zr]([Cl])([Cl])[Cl]. The van der Waals surface area contributed by atoms with Crippen molar-refractivity contribution in [3.8, 4) is 0 Å². The minimum absolute atomic E-state index is 0.468. The summed E-state index contributed by atoms with van der Waals surface area (Å²) < 4.78 is 4.89. The Morgan fingerprint density at radius 3 is 2.11 bits per heavy atom. The van der Waals surface area contributed by atoms with E-state index >= 15 is 0 Å². The Kier molecular flexibility index (Phi) is 6.88. The first-order valence-electron chi connectivity index (χ1n) is 2.33. The number of halogens is 4. The van der Waals surface area contributed by atoms with E-state index in [1.807, 2.05) is 0 Å². The van der Waals surface area contributed by atoms with E-state index in [2.05, 4.69) is 0 Å². The quantitative estimate of drug-likeness (QED) is 0.571. The summed E-state index contributed by atoms with van der Waals surface area (Å²) in [6, 6.07) is 0. The maximum absolute atomic E-state index is 5.44. The van der Waals surface area contributed by atoms with E-state index in [-0.39, 0.29) is 0 Å². The molecule has 0 aromatic carbocycles. The van der Waals surface area contributed by atoms with Crippen LogP contribution in [0, 0.1) is 0 Å². The summed E-state index contributed by atoms with van der Waals surface area (Å²) in [6.45, 7) is 0.468. The summed E-state index contributed by atoms with van der Waals surface area (Å²) in [6.07, 6.45) is 0.742. The molecule has 0 saturated carbocycles. The van der Waals surface area contributed by atoms with Gasteiger partial charge in [0.15, 0.2) is 0 Å². The van der Waals surface area contributed by atoms with Gasteiger partial charge in [0.25, 0.3) is 0 Å². The fourth-order valence-corrected chi connectivity index (χ4v) is 2.64. The van der Waals surface area contributed by atoms with Gasteiger partial charge >= 0.3 is 76.0 Å². The van der Waals surface area contributed by atoms with Crippen LogP contribution in [-0.4, -0.2) is 12.5 Å². The molecule has 0 amide bonds. The van der Waals surface area contributed by atoms with Crippen molar-refractivity contribution in [3.05, 3.63) is 0 Å². The molecule has 0 aliphatic rings. The predicted molar refractivity (Wildman–Crippen MR) is 38.8 cm³/mol. The Hall–Kier alpha value is 2.00. The Morgan fingerprint density at radius 1 is 1.22 bits per heavy atom. The molecule has 6 heteroatoms. The summed E-state index contributed by atoms with van der Waals surface area (Å²) in [5.74, 6) is 0.548. The van der Waals surface area contributed by atoms with Crippen molar-refractivity contribution in [1.29, 1.82) is 0 Å². The molecule has 0 radical (unpaired) electrons. The van der Waals surface area contributed by atoms with E-state index in [1.54, 1.807) is 0 Å². The van der Waals surface area contributed by atoms with Crippen molar-refractivity contribution in [1.82, 2.24) is 0 Å². The third-order valence-electron chi connectivity index (χ3n) is 0.544. The summed E-state index contributed by atoms with van der Waals surface area (Å²) in [5, 5.41) is 0. The molecule has 56 valence electrons. The monoisotopic (exact) mass is 288 g/mol. The minimum atomic E-state index is -3.47. The molecule has 0 unspecified atom stereocenters. The van der Waals surface area contributed by atoms with Crippen molar-refractivity contribution < 1.29 is 19.9 Å². The standard InChI is InChI=1S/C3H6ClO.3ClH.Zr/c4-2-1-3-5;;;;/h1-3H2;3*1H;/q-1;;;;+4/p-3. The van der Waals surface area contributed by atoms with Crippen LogP contribution < -0.4 is 0 Å². The molecule has 0 aliphatic carbocycles. The van der Waals surface area contributed by atoms with Gasteiger partial charge in [-0.2, -0.15) is 0 Å². The Balaban J connectivity index is 3.07. The van der Waals surface area contributed by atoms with E-state index in [9.17, 15) is 0 Å². The van der Waals surface area contributed by atoms with Crippen molar-refractivity contribution in [2.24, 2.45) is 0 Å². The van der Waals surface area contributed by atoms with E-state index in [0.29, 0.717) is 12.5 Å². The van der Waals surface area contributed by atoms with Crippen LogP contribution in [0.25, 0.3) is 0 Å². The predicted octanol–water partition coefficient (Wildman–Crippen LogP) is 3.16. The molecule has 0 aliphatic heterocycles. The van der Waals surface area contributed by atoms with Crippen LogP contribution in [-0.2, 0) is 19.9 Å². The second kappa shape index (κ2) is 5.63. The zero-order valence-corrected chi connectivity index (χ0v) is 10.0. The molecular weight excluding hydrogens is 285 g/mol. The van der Waals surface area contributed by atoms with Gasteiger partial charge in [-0.3, -0.25) is 0 Å². The molecule has 0 rings (SSSR count). The molecule has 0 saturated heterocycles. The van der Waals surface area contributed by atoms with Gasteiger partial charge in [-0.1, -0.05) is 0 Å². The van der Waals surface area contributed by atoms with Crippen LogP contribution in [0.5, 0.6) is 0 Å². The first kappa shape index (κ1) is 11.0. The molecule has 1 nitrogen and oxygen atoms in total. The zero-order valence-electron chi connectivity index (χ0n) is 4.54. The van der Waals surface area contributed by atoms with Gasteiger partial charge in [-0.15, -0.1) is 0 Å². The Morgan fingerprint density at radius 2 is 1.78 bits per heavy atom. The number of rotatable bonds is 4. The fourth-order valence-electron chi connectivity index (χ4n) is 0.242. The van der Waals surface area contributed by atoms with Gasteiger partial charge in [0.05, 0.1) is 0 Å².